The van der Waals surface area contributed by atoms with Crippen LogP contribution in [0.2, 0.25) is 0 Å². The summed E-state index contributed by atoms with van der Waals surface area (Å²) in [5, 5.41) is 40.8. The fourth-order valence-corrected chi connectivity index (χ4v) is 11.2. The summed E-state index contributed by atoms with van der Waals surface area (Å²) in [6, 6.07) is 8.70. The number of nitrogens with one attached hydrogen (secondary N) is 6. The van der Waals surface area contributed by atoms with Gasteiger partial charge in [0.05, 0.1) is 54.1 Å². The van der Waals surface area contributed by atoms with E-state index in [1.54, 1.807) is 51.4 Å². The minimum absolute atomic E-state index is 0.0190. The summed E-state index contributed by atoms with van der Waals surface area (Å²) in [6.07, 6.45) is -4.14. The quantitative estimate of drug-likeness (QED) is 0.0454. The average molecular weight is 1090 g/mol. The number of fused-ring (bicyclic) bond motifs is 6. The first kappa shape index (κ1) is 57.3. The second-order valence-electron chi connectivity index (χ2n) is 20.7. The molecule has 3 aliphatic heterocycles. The van der Waals surface area contributed by atoms with E-state index in [0.29, 0.717) is 37.2 Å². The molecule has 3 aromatic carbocycles. The lowest BCUT2D eigenvalue weighted by molar-refractivity contribution is -0.255. The van der Waals surface area contributed by atoms with E-state index in [1.165, 1.54) is 19.2 Å². The first-order valence-electron chi connectivity index (χ1n) is 26.1. The molecule has 5 aliphatic rings. The molecule has 8 rings (SSSR count). The second kappa shape index (κ2) is 24.4. The van der Waals surface area contributed by atoms with Gasteiger partial charge in [0.25, 0.3) is 0 Å². The highest BCUT2D eigenvalue weighted by atomic mass is 16.7. The molecule has 2 aliphatic carbocycles. The topological polar surface area (TPSA) is 326 Å². The lowest BCUT2D eigenvalue weighted by Crippen LogP contribution is -2.55. The third-order valence-corrected chi connectivity index (χ3v) is 15.1. The molecule has 24 nitrogen and oxygen atoms in total. The van der Waals surface area contributed by atoms with Crippen LogP contribution < -0.4 is 42.4 Å². The summed E-state index contributed by atoms with van der Waals surface area (Å²) in [6.45, 7) is 8.22. The fraction of sp³-hybridized carbons (Fsp3) is 0.537. The molecule has 0 bridgehead atoms. The van der Waals surface area contributed by atoms with Gasteiger partial charge in [0.1, 0.15) is 36.0 Å². The van der Waals surface area contributed by atoms with E-state index in [2.05, 4.69) is 36.8 Å². The van der Waals surface area contributed by atoms with Crippen molar-refractivity contribution in [2.45, 2.75) is 122 Å². The number of phenols is 2. The van der Waals surface area contributed by atoms with Crippen LogP contribution in [0.4, 0.5) is 15.3 Å². The van der Waals surface area contributed by atoms with E-state index in [1.807, 2.05) is 20.8 Å². The van der Waals surface area contributed by atoms with Crippen LogP contribution in [-0.2, 0) is 55.8 Å². The molecule has 0 unspecified atom stereocenters. The number of rotatable bonds is 20. The van der Waals surface area contributed by atoms with E-state index < -0.39 is 107 Å². The molecule has 0 radical (unpaired) electrons. The molecule has 3 saturated heterocycles. The van der Waals surface area contributed by atoms with Crippen LogP contribution in [0, 0.1) is 11.3 Å². The predicted molar refractivity (Wildman–Crippen MR) is 277 cm³/mol. The number of nitrogens with two attached hydrogens (primary N) is 1. The first-order chi connectivity index (χ1) is 37.3. The number of ketones is 2. The number of benzene rings is 3. The summed E-state index contributed by atoms with van der Waals surface area (Å²) >= 11 is 0. The standard InChI is InChI=1S/C54H70N8O16/c1-26(2)41(56-5)48(68)61-32(11-9-17-58-52(55)70)47(67)60-29-15-13-28(14-16-29)25-75-53(71)59-19-18-57-51(69)54(4)23-31-38(45(66)40-39(43(31)64)42(63)30-10-8-12-34(72-6)37(30)44(40)65)35(24-54)77-36-22-33-46(27(3)76-36)78-49-50(73-7)74-21-20-62(33)49/h8,10,12-16,26-27,32-33,35-36,41,46,49-50,56,64,66H,9,11,17-25H2,1-7H3,(H,57,69)(H,59,71)(H,60,67)(H,61,68)(H3,55,58,70)/t27-,32-,33-,35-,36-,41-,46+,49+,50-,54+/m0/s1. The van der Waals surface area contributed by atoms with Crippen molar-refractivity contribution in [3.8, 4) is 17.2 Å². The number of alkyl carbamates (subject to hydrolysis) is 1. The highest BCUT2D eigenvalue weighted by molar-refractivity contribution is 6.31. The van der Waals surface area contributed by atoms with Crippen molar-refractivity contribution in [1.29, 1.82) is 0 Å². The largest absolute Gasteiger partial charge is 0.507 e. The number of amides is 6. The number of nitrogens with zero attached hydrogens (tertiary/aromatic N) is 1. The molecule has 0 saturated carbocycles. The van der Waals surface area contributed by atoms with Gasteiger partial charge in [-0.1, -0.05) is 45.0 Å². The van der Waals surface area contributed by atoms with E-state index in [9.17, 15) is 43.8 Å². The maximum absolute atomic E-state index is 14.4. The van der Waals surface area contributed by atoms with E-state index in [4.69, 9.17) is 38.9 Å². The van der Waals surface area contributed by atoms with Gasteiger partial charge in [-0.2, -0.15) is 0 Å². The fourth-order valence-electron chi connectivity index (χ4n) is 11.2. The number of anilines is 1. The zero-order valence-electron chi connectivity index (χ0n) is 44.7. The lowest BCUT2D eigenvalue weighted by atomic mass is 9.68. The smallest absolute Gasteiger partial charge is 0.407 e. The lowest BCUT2D eigenvalue weighted by Gasteiger charge is -2.44. The van der Waals surface area contributed by atoms with Gasteiger partial charge in [-0.25, -0.2) is 9.59 Å². The normalized spacial score (nSPS) is 25.0. The zero-order valence-corrected chi connectivity index (χ0v) is 44.7. The van der Waals surface area contributed by atoms with E-state index in [0.717, 1.165) is 0 Å². The molecular weight excluding hydrogens is 1020 g/mol. The minimum atomic E-state index is -1.35. The summed E-state index contributed by atoms with van der Waals surface area (Å²) in [5.41, 5.74) is 4.05. The number of carbonyl (C=O) groups excluding carboxylic acids is 7. The molecule has 0 aromatic heterocycles. The van der Waals surface area contributed by atoms with Gasteiger partial charge in [0.2, 0.25) is 23.5 Å². The number of urea groups is 1. The van der Waals surface area contributed by atoms with Crippen LogP contribution >= 0.6 is 0 Å². The SMILES string of the molecule is CN[C@H](C(=O)N[C@@H](CCCNC(N)=O)C(=O)Nc1ccc(COC(=O)NCCNC(=O)[C@]2(C)Cc3c(O)c4c(c(O)c3[C@@H](O[C@H]3C[C@H]5[C@H](O[C@@H]6[C@@H](OC)OCCN65)[C@H](C)O3)C2)C(=O)c2c(OC)cccc2C4=O)cc1)C(C)C. The first-order valence-corrected chi connectivity index (χ1v) is 26.1. The van der Waals surface area contributed by atoms with Crippen LogP contribution in [-0.4, -0.2) is 160 Å². The Morgan fingerprint density at radius 1 is 0.910 bits per heavy atom. The van der Waals surface area contributed by atoms with Gasteiger partial charge >= 0.3 is 12.1 Å². The minimum Gasteiger partial charge on any atom is -0.507 e. The van der Waals surface area contributed by atoms with Crippen LogP contribution in [0.15, 0.2) is 42.5 Å². The average Bonchev–Trinajstić information content (AvgIpc) is 3.91. The summed E-state index contributed by atoms with van der Waals surface area (Å²) in [4.78, 5) is 95.4. The molecule has 6 amide bonds. The number of morpholine rings is 1. The molecule has 10 atom stereocenters. The molecule has 3 fully saturated rings. The van der Waals surface area contributed by atoms with Crippen molar-refractivity contribution in [3.05, 3.63) is 81.4 Å². The van der Waals surface area contributed by atoms with E-state index >= 15 is 0 Å². The van der Waals surface area contributed by atoms with Gasteiger partial charge in [0, 0.05) is 68.1 Å². The number of carbonyl (C=O) groups is 7. The Hall–Kier alpha value is -6.93. The van der Waals surface area contributed by atoms with Crippen molar-refractivity contribution in [2.24, 2.45) is 17.1 Å². The van der Waals surface area contributed by atoms with Crippen molar-refractivity contribution in [1.82, 2.24) is 31.5 Å². The number of methoxy groups -OCH3 is 2. The van der Waals surface area contributed by atoms with Gasteiger partial charge in [-0.3, -0.25) is 28.9 Å². The highest BCUT2D eigenvalue weighted by Crippen LogP contribution is 2.55. The highest BCUT2D eigenvalue weighted by Gasteiger charge is 2.55. The van der Waals surface area contributed by atoms with Crippen LogP contribution in [0.1, 0.15) is 108 Å². The van der Waals surface area contributed by atoms with Crippen LogP contribution in [0.5, 0.6) is 17.2 Å². The number of primary amides is 1. The molecule has 422 valence electrons. The molecular formula is C54H70N8O16. The Labute approximate surface area is 451 Å². The molecule has 10 N–H and O–H groups in total. The summed E-state index contributed by atoms with van der Waals surface area (Å²) < 4.78 is 41.8. The van der Waals surface area contributed by atoms with Crippen molar-refractivity contribution >= 4 is 47.1 Å². The number of hydrogen-bond donors (Lipinski definition) is 9. The van der Waals surface area contributed by atoms with Crippen molar-refractivity contribution in [2.75, 3.05) is 59.4 Å². The third kappa shape index (κ3) is 11.9. The molecule has 0 spiro atoms. The second-order valence-corrected chi connectivity index (χ2v) is 20.7. The monoisotopic (exact) mass is 1090 g/mol. The number of ether oxygens (including phenoxy) is 7. The van der Waals surface area contributed by atoms with Gasteiger partial charge in [-0.15, -0.1) is 0 Å². The Balaban J connectivity index is 0.911. The zero-order chi connectivity index (χ0) is 56.2. The Morgan fingerprint density at radius 3 is 2.33 bits per heavy atom. The van der Waals surface area contributed by atoms with E-state index in [-0.39, 0.29) is 97.5 Å². The van der Waals surface area contributed by atoms with Gasteiger partial charge in [-0.05, 0) is 69.3 Å². The van der Waals surface area contributed by atoms with Crippen molar-refractivity contribution in [3.63, 3.8) is 0 Å². The maximum Gasteiger partial charge on any atom is 0.407 e. The number of phenolic OH excluding ortho intramolecular Hbond substituents is 2. The summed E-state index contributed by atoms with van der Waals surface area (Å²) in [7, 11) is 4.56. The molecule has 3 heterocycles. The summed E-state index contributed by atoms with van der Waals surface area (Å²) in [5.74, 6) is -3.82. The molecule has 24 heteroatoms. The Kier molecular flexibility index (Phi) is 17.9. The Bertz CT molecular complexity index is 2780. The maximum atomic E-state index is 14.4. The third-order valence-electron chi connectivity index (χ3n) is 15.1. The number of hydrogen-bond acceptors (Lipinski definition) is 18. The van der Waals surface area contributed by atoms with Crippen LogP contribution in [0.25, 0.3) is 0 Å². The molecule has 3 aromatic rings. The van der Waals surface area contributed by atoms with Crippen LogP contribution in [0.3, 0.4) is 0 Å². The van der Waals surface area contributed by atoms with Crippen molar-refractivity contribution < 1.29 is 76.9 Å². The predicted octanol–water partition coefficient (Wildman–Crippen LogP) is 2.58. The molecule has 78 heavy (non-hydrogen) atoms. The van der Waals surface area contributed by atoms with Gasteiger partial charge in [0.15, 0.2) is 24.6 Å². The number of aromatic hydroxyl groups is 2. The van der Waals surface area contributed by atoms with Gasteiger partial charge < -0.3 is 81.0 Å². The Morgan fingerprint density at radius 2 is 1.64 bits per heavy atom. The number of likely N-dealkylation sites (N-methyl/N-ethyl adjacent to an activating group) is 1.